The highest BCUT2D eigenvalue weighted by Gasteiger charge is 2.24. The van der Waals surface area contributed by atoms with Crippen molar-refractivity contribution < 1.29 is 0 Å². The van der Waals surface area contributed by atoms with Crippen molar-refractivity contribution in [3.8, 4) is 0 Å². The number of likely N-dealkylation sites (N-methyl/N-ethyl adjacent to an activating group) is 1. The molecule has 0 aromatic heterocycles. The van der Waals surface area contributed by atoms with Gasteiger partial charge in [0.15, 0.2) is 0 Å². The second-order valence-electron chi connectivity index (χ2n) is 4.82. The molecule has 1 N–H and O–H groups in total. The largest absolute Gasteiger partial charge is 0.316 e. The van der Waals surface area contributed by atoms with Crippen LogP contribution in [0.5, 0.6) is 0 Å². The van der Waals surface area contributed by atoms with Gasteiger partial charge in [-0.25, -0.2) is 0 Å². The van der Waals surface area contributed by atoms with Gasteiger partial charge in [0.2, 0.25) is 0 Å². The van der Waals surface area contributed by atoms with Crippen LogP contribution in [0, 0.1) is 12.8 Å². The third-order valence-corrected chi connectivity index (χ3v) is 5.09. The number of halogens is 1. The first kappa shape index (κ1) is 13.3. The highest BCUT2D eigenvalue weighted by atomic mass is 35.5. The summed E-state index contributed by atoms with van der Waals surface area (Å²) in [6, 6.07) is 6.94. The Balaban J connectivity index is 2.06. The molecule has 1 fully saturated rings. The van der Waals surface area contributed by atoms with Crippen LogP contribution in [0.2, 0.25) is 5.02 Å². The molecule has 3 heteroatoms. The highest BCUT2D eigenvalue weighted by molar-refractivity contribution is 7.99. The van der Waals surface area contributed by atoms with Crippen molar-refractivity contribution in [1.82, 2.24) is 5.32 Å². The molecule has 0 bridgehead atoms. The standard InChI is InChI=1S/C14H20ClNS/c1-10-3-4-11(13(15)7-10)8-14(16-2)12-5-6-17-9-12/h3-4,7,12,14,16H,5-6,8-9H2,1-2H3. The molecule has 1 nitrogen and oxygen atoms in total. The number of hydrogen-bond acceptors (Lipinski definition) is 2. The molecular formula is C14H20ClNS. The van der Waals surface area contributed by atoms with E-state index in [2.05, 4.69) is 49.2 Å². The first-order valence-corrected chi connectivity index (χ1v) is 7.74. The van der Waals surface area contributed by atoms with Crippen LogP contribution >= 0.6 is 23.4 Å². The molecule has 0 spiro atoms. The van der Waals surface area contributed by atoms with Crippen LogP contribution in [-0.4, -0.2) is 24.6 Å². The van der Waals surface area contributed by atoms with Gasteiger partial charge in [-0.2, -0.15) is 11.8 Å². The predicted molar refractivity (Wildman–Crippen MR) is 78.2 cm³/mol. The van der Waals surface area contributed by atoms with Gasteiger partial charge in [-0.15, -0.1) is 0 Å². The van der Waals surface area contributed by atoms with E-state index < -0.39 is 0 Å². The van der Waals surface area contributed by atoms with Gasteiger partial charge in [0.1, 0.15) is 0 Å². The molecule has 2 atom stereocenters. The Morgan fingerprint density at radius 3 is 2.94 bits per heavy atom. The number of hydrogen-bond donors (Lipinski definition) is 1. The Bertz CT molecular complexity index is 374. The first-order valence-electron chi connectivity index (χ1n) is 6.20. The topological polar surface area (TPSA) is 12.0 Å². The van der Waals surface area contributed by atoms with Gasteiger partial charge in [-0.05, 0) is 61.4 Å². The van der Waals surface area contributed by atoms with Gasteiger partial charge in [-0.1, -0.05) is 23.7 Å². The van der Waals surface area contributed by atoms with Crippen LogP contribution in [-0.2, 0) is 6.42 Å². The summed E-state index contributed by atoms with van der Waals surface area (Å²) in [6.07, 6.45) is 2.38. The fourth-order valence-electron chi connectivity index (χ4n) is 2.43. The van der Waals surface area contributed by atoms with Crippen molar-refractivity contribution in [1.29, 1.82) is 0 Å². The number of rotatable bonds is 4. The number of nitrogens with one attached hydrogen (secondary N) is 1. The summed E-state index contributed by atoms with van der Waals surface area (Å²) in [5, 5.41) is 4.38. The molecule has 1 aliphatic heterocycles. The molecule has 17 heavy (non-hydrogen) atoms. The molecule has 0 amide bonds. The first-order chi connectivity index (χ1) is 8.20. The van der Waals surface area contributed by atoms with E-state index in [4.69, 9.17) is 11.6 Å². The summed E-state index contributed by atoms with van der Waals surface area (Å²) < 4.78 is 0. The van der Waals surface area contributed by atoms with E-state index in [0.29, 0.717) is 6.04 Å². The minimum atomic E-state index is 0.560. The smallest absolute Gasteiger partial charge is 0.0441 e. The Kier molecular flexibility index (Phi) is 4.78. The zero-order chi connectivity index (χ0) is 12.3. The molecule has 0 saturated carbocycles. The lowest BCUT2D eigenvalue weighted by Gasteiger charge is -2.23. The number of aryl methyl sites for hydroxylation is 1. The lowest BCUT2D eigenvalue weighted by atomic mass is 9.93. The monoisotopic (exact) mass is 269 g/mol. The second-order valence-corrected chi connectivity index (χ2v) is 6.37. The van der Waals surface area contributed by atoms with E-state index in [9.17, 15) is 0 Å². The SMILES string of the molecule is CNC(Cc1ccc(C)cc1Cl)C1CCSC1. The molecule has 2 rings (SSSR count). The van der Waals surface area contributed by atoms with Crippen molar-refractivity contribution >= 4 is 23.4 Å². The van der Waals surface area contributed by atoms with Crippen LogP contribution in [0.1, 0.15) is 17.5 Å². The third-order valence-electron chi connectivity index (χ3n) is 3.55. The number of benzene rings is 1. The average Bonchev–Trinajstić information content (AvgIpc) is 2.81. The van der Waals surface area contributed by atoms with Gasteiger partial charge in [-0.3, -0.25) is 0 Å². The van der Waals surface area contributed by atoms with Crippen LogP contribution in [0.15, 0.2) is 18.2 Å². The van der Waals surface area contributed by atoms with Crippen molar-refractivity contribution in [3.05, 3.63) is 34.3 Å². The fourth-order valence-corrected chi connectivity index (χ4v) is 4.08. The molecule has 1 aromatic rings. The minimum Gasteiger partial charge on any atom is -0.316 e. The highest BCUT2D eigenvalue weighted by Crippen LogP contribution is 2.29. The minimum absolute atomic E-state index is 0.560. The molecule has 0 radical (unpaired) electrons. The van der Waals surface area contributed by atoms with Gasteiger partial charge < -0.3 is 5.32 Å². The van der Waals surface area contributed by atoms with Crippen LogP contribution in [0.3, 0.4) is 0 Å². The van der Waals surface area contributed by atoms with Crippen molar-refractivity contribution in [2.24, 2.45) is 5.92 Å². The van der Waals surface area contributed by atoms with E-state index in [1.165, 1.54) is 29.1 Å². The lowest BCUT2D eigenvalue weighted by molar-refractivity contribution is 0.404. The van der Waals surface area contributed by atoms with E-state index in [1.54, 1.807) is 0 Å². The van der Waals surface area contributed by atoms with E-state index in [1.807, 2.05) is 0 Å². The molecule has 94 valence electrons. The van der Waals surface area contributed by atoms with E-state index in [-0.39, 0.29) is 0 Å². The van der Waals surface area contributed by atoms with Gasteiger partial charge in [0.05, 0.1) is 0 Å². The summed E-state index contributed by atoms with van der Waals surface area (Å²) in [5.41, 5.74) is 2.50. The average molecular weight is 270 g/mol. The van der Waals surface area contributed by atoms with Crippen molar-refractivity contribution in [3.63, 3.8) is 0 Å². The van der Waals surface area contributed by atoms with Gasteiger partial charge >= 0.3 is 0 Å². The molecule has 1 saturated heterocycles. The Hall–Kier alpha value is -0.180. The van der Waals surface area contributed by atoms with E-state index >= 15 is 0 Å². The van der Waals surface area contributed by atoms with Gasteiger partial charge in [0.25, 0.3) is 0 Å². The third kappa shape index (κ3) is 3.40. The zero-order valence-electron chi connectivity index (χ0n) is 10.5. The maximum atomic E-state index is 6.30. The second kappa shape index (κ2) is 6.12. The Morgan fingerprint density at radius 2 is 2.35 bits per heavy atom. The summed E-state index contributed by atoms with van der Waals surface area (Å²) in [4.78, 5) is 0. The van der Waals surface area contributed by atoms with Crippen LogP contribution in [0.25, 0.3) is 0 Å². The van der Waals surface area contributed by atoms with Crippen molar-refractivity contribution in [2.45, 2.75) is 25.8 Å². The van der Waals surface area contributed by atoms with Crippen LogP contribution < -0.4 is 5.32 Å². The maximum Gasteiger partial charge on any atom is 0.0441 e. The normalized spacial score (nSPS) is 21.7. The fraction of sp³-hybridized carbons (Fsp3) is 0.571. The maximum absolute atomic E-state index is 6.30. The molecule has 1 aliphatic rings. The van der Waals surface area contributed by atoms with E-state index in [0.717, 1.165) is 17.4 Å². The Morgan fingerprint density at radius 1 is 1.53 bits per heavy atom. The van der Waals surface area contributed by atoms with Gasteiger partial charge in [0, 0.05) is 11.1 Å². The molecule has 1 heterocycles. The predicted octanol–water partition coefficient (Wildman–Crippen LogP) is 3.53. The number of thioether (sulfide) groups is 1. The molecular weight excluding hydrogens is 250 g/mol. The molecule has 2 unspecified atom stereocenters. The summed E-state index contributed by atoms with van der Waals surface area (Å²) in [6.45, 7) is 2.08. The van der Waals surface area contributed by atoms with Crippen LogP contribution in [0.4, 0.5) is 0 Å². The summed E-state index contributed by atoms with van der Waals surface area (Å²) >= 11 is 8.37. The summed E-state index contributed by atoms with van der Waals surface area (Å²) in [7, 11) is 2.07. The molecule has 0 aliphatic carbocycles. The van der Waals surface area contributed by atoms with Crippen molar-refractivity contribution in [2.75, 3.05) is 18.6 Å². The lowest BCUT2D eigenvalue weighted by Crippen LogP contribution is -2.35. The quantitative estimate of drug-likeness (QED) is 0.898. The Labute approximate surface area is 113 Å². The zero-order valence-corrected chi connectivity index (χ0v) is 12.1. The summed E-state index contributed by atoms with van der Waals surface area (Å²) in [5.74, 6) is 3.39. The molecule has 1 aromatic carbocycles.